The van der Waals surface area contributed by atoms with Crippen molar-refractivity contribution in [1.29, 1.82) is 0 Å². The molecule has 0 saturated carbocycles. The van der Waals surface area contributed by atoms with E-state index in [4.69, 9.17) is 14.7 Å². The van der Waals surface area contributed by atoms with Crippen LogP contribution in [0.25, 0.3) is 22.6 Å². The number of fused-ring (bicyclic) bond motifs is 1. The first kappa shape index (κ1) is 15.3. The van der Waals surface area contributed by atoms with Crippen molar-refractivity contribution in [3.8, 4) is 11.5 Å². The molecule has 128 valence electrons. The molecular formula is C14H12N6O4S. The van der Waals surface area contributed by atoms with Gasteiger partial charge in [-0.2, -0.15) is 4.98 Å². The van der Waals surface area contributed by atoms with Crippen LogP contribution in [0, 0.1) is 13.8 Å². The number of aromatic nitrogens is 5. The summed E-state index contributed by atoms with van der Waals surface area (Å²) in [5.74, 6) is 0.473. The molecule has 0 unspecified atom stereocenters. The van der Waals surface area contributed by atoms with Crippen LogP contribution >= 0.6 is 0 Å². The van der Waals surface area contributed by atoms with Gasteiger partial charge < -0.3 is 14.7 Å². The Balaban J connectivity index is 2.02. The minimum absolute atomic E-state index is 0.0384. The molecule has 0 radical (unpaired) electrons. The van der Waals surface area contributed by atoms with Gasteiger partial charge in [-0.1, -0.05) is 5.16 Å². The van der Waals surface area contributed by atoms with Gasteiger partial charge in [0, 0.05) is 0 Å². The van der Waals surface area contributed by atoms with Crippen molar-refractivity contribution in [2.24, 2.45) is 0 Å². The third kappa shape index (κ3) is 2.20. The summed E-state index contributed by atoms with van der Waals surface area (Å²) in [4.78, 5) is 12.3. The number of hydrogen-bond acceptors (Lipinski definition) is 9. The summed E-state index contributed by atoms with van der Waals surface area (Å²) in [6.07, 6.45) is 2.61. The second-order valence-electron chi connectivity index (χ2n) is 5.28. The van der Waals surface area contributed by atoms with Crippen molar-refractivity contribution < 1.29 is 17.4 Å². The summed E-state index contributed by atoms with van der Waals surface area (Å²) < 4.78 is 37.2. The number of nitrogens with zero attached hydrogens (tertiary/aromatic N) is 5. The number of rotatable bonds is 3. The largest absolute Gasteiger partial charge is 0.463 e. The Bertz CT molecular complexity index is 1170. The van der Waals surface area contributed by atoms with Crippen LogP contribution in [-0.4, -0.2) is 32.5 Å². The smallest absolute Gasteiger partial charge is 0.276 e. The summed E-state index contributed by atoms with van der Waals surface area (Å²) in [6.45, 7) is 3.06. The number of imidazole rings is 1. The van der Waals surface area contributed by atoms with E-state index in [-0.39, 0.29) is 33.5 Å². The zero-order valence-electron chi connectivity index (χ0n) is 13.2. The average Bonchev–Trinajstić information content (AvgIpc) is 3.26. The van der Waals surface area contributed by atoms with Gasteiger partial charge in [-0.05, 0) is 26.0 Å². The van der Waals surface area contributed by atoms with Crippen LogP contribution in [0.4, 0.5) is 5.95 Å². The van der Waals surface area contributed by atoms with Gasteiger partial charge in [-0.3, -0.25) is 0 Å². The minimum Gasteiger partial charge on any atom is -0.463 e. The number of aryl methyl sites for hydroxylation is 2. The van der Waals surface area contributed by atoms with Crippen LogP contribution in [0.5, 0.6) is 0 Å². The van der Waals surface area contributed by atoms with Crippen molar-refractivity contribution in [1.82, 2.24) is 24.1 Å². The molecular weight excluding hydrogens is 348 g/mol. The average molecular weight is 360 g/mol. The molecule has 25 heavy (non-hydrogen) atoms. The predicted molar refractivity (Wildman–Crippen MR) is 86.0 cm³/mol. The van der Waals surface area contributed by atoms with E-state index in [0.29, 0.717) is 11.5 Å². The molecule has 0 bridgehead atoms. The molecule has 11 heteroatoms. The molecule has 0 fully saturated rings. The van der Waals surface area contributed by atoms with Crippen molar-refractivity contribution in [2.45, 2.75) is 18.7 Å². The quantitative estimate of drug-likeness (QED) is 0.575. The summed E-state index contributed by atoms with van der Waals surface area (Å²) in [7, 11) is -4.02. The highest BCUT2D eigenvalue weighted by atomic mass is 32.2. The summed E-state index contributed by atoms with van der Waals surface area (Å²) >= 11 is 0. The zero-order chi connectivity index (χ0) is 17.8. The van der Waals surface area contributed by atoms with E-state index in [1.54, 1.807) is 19.1 Å². The van der Waals surface area contributed by atoms with Crippen molar-refractivity contribution >= 4 is 27.1 Å². The number of anilines is 1. The second-order valence-corrected chi connectivity index (χ2v) is 7.03. The van der Waals surface area contributed by atoms with Gasteiger partial charge in [-0.25, -0.2) is 22.4 Å². The van der Waals surface area contributed by atoms with Gasteiger partial charge in [0.25, 0.3) is 10.0 Å². The minimum atomic E-state index is -4.02. The van der Waals surface area contributed by atoms with Crippen molar-refractivity contribution in [3.05, 3.63) is 36.2 Å². The SMILES string of the molecule is Cc1noc(C)c1S(=O)(=O)n1cnc2c(-c3ccco3)nc(N)nc21. The van der Waals surface area contributed by atoms with E-state index < -0.39 is 10.0 Å². The van der Waals surface area contributed by atoms with Gasteiger partial charge in [0.05, 0.1) is 6.26 Å². The predicted octanol–water partition coefficient (Wildman–Crippen LogP) is 1.51. The maximum atomic E-state index is 13.0. The molecule has 0 aromatic carbocycles. The molecule has 0 atom stereocenters. The van der Waals surface area contributed by atoms with Crippen LogP contribution < -0.4 is 5.73 Å². The first-order chi connectivity index (χ1) is 11.9. The Morgan fingerprint density at radius 3 is 2.68 bits per heavy atom. The van der Waals surface area contributed by atoms with Gasteiger partial charge in [0.1, 0.15) is 23.2 Å². The number of nitrogens with two attached hydrogens (primary N) is 1. The number of hydrogen-bond donors (Lipinski definition) is 1. The first-order valence-electron chi connectivity index (χ1n) is 7.12. The Labute approximate surface area is 141 Å². The highest BCUT2D eigenvalue weighted by Crippen LogP contribution is 2.29. The topological polar surface area (TPSA) is 143 Å². The molecule has 0 spiro atoms. The molecule has 10 nitrogen and oxygen atoms in total. The third-order valence-corrected chi connectivity index (χ3v) is 5.51. The van der Waals surface area contributed by atoms with Gasteiger partial charge in [-0.15, -0.1) is 0 Å². The summed E-state index contributed by atoms with van der Waals surface area (Å²) in [5, 5.41) is 3.69. The Kier molecular flexibility index (Phi) is 3.15. The van der Waals surface area contributed by atoms with E-state index in [2.05, 4.69) is 20.1 Å². The molecule has 0 aliphatic heterocycles. The fourth-order valence-corrected chi connectivity index (χ4v) is 4.13. The summed E-state index contributed by atoms with van der Waals surface area (Å²) in [5.41, 5.74) is 6.59. The lowest BCUT2D eigenvalue weighted by Gasteiger charge is -2.06. The lowest BCUT2D eigenvalue weighted by molar-refractivity contribution is 0.390. The van der Waals surface area contributed by atoms with Crippen LogP contribution in [0.15, 0.2) is 38.6 Å². The lowest BCUT2D eigenvalue weighted by atomic mass is 10.3. The molecule has 4 aromatic rings. The summed E-state index contributed by atoms with van der Waals surface area (Å²) in [6, 6.07) is 3.35. The van der Waals surface area contributed by atoms with E-state index in [1.807, 2.05) is 0 Å². The van der Waals surface area contributed by atoms with Gasteiger partial charge >= 0.3 is 0 Å². The monoisotopic (exact) mass is 360 g/mol. The highest BCUT2D eigenvalue weighted by molar-refractivity contribution is 7.90. The molecule has 4 heterocycles. The van der Waals surface area contributed by atoms with Gasteiger partial charge in [0.2, 0.25) is 5.95 Å². The third-order valence-electron chi connectivity index (χ3n) is 3.62. The maximum absolute atomic E-state index is 13.0. The lowest BCUT2D eigenvalue weighted by Crippen LogP contribution is -2.14. The molecule has 0 saturated heterocycles. The van der Waals surface area contributed by atoms with Crippen LogP contribution in [-0.2, 0) is 10.0 Å². The van der Waals surface area contributed by atoms with E-state index >= 15 is 0 Å². The number of furan rings is 1. The Morgan fingerprint density at radius 2 is 2.04 bits per heavy atom. The molecule has 2 N–H and O–H groups in total. The van der Waals surface area contributed by atoms with E-state index in [0.717, 1.165) is 10.3 Å². The van der Waals surface area contributed by atoms with E-state index in [9.17, 15) is 8.42 Å². The van der Waals surface area contributed by atoms with Gasteiger partial charge in [0.15, 0.2) is 22.1 Å². The highest BCUT2D eigenvalue weighted by Gasteiger charge is 2.29. The first-order valence-corrected chi connectivity index (χ1v) is 8.56. The maximum Gasteiger partial charge on any atom is 0.276 e. The fraction of sp³-hybridized carbons (Fsp3) is 0.143. The van der Waals surface area contributed by atoms with Crippen LogP contribution in [0.3, 0.4) is 0 Å². The number of nitrogen functional groups attached to an aromatic ring is 1. The fourth-order valence-electron chi connectivity index (χ4n) is 2.60. The van der Waals surface area contributed by atoms with E-state index in [1.165, 1.54) is 13.2 Å². The molecule has 0 amide bonds. The Morgan fingerprint density at radius 1 is 1.24 bits per heavy atom. The normalized spacial score (nSPS) is 12.1. The molecule has 4 rings (SSSR count). The van der Waals surface area contributed by atoms with Crippen LogP contribution in [0.1, 0.15) is 11.5 Å². The molecule has 0 aliphatic rings. The molecule has 0 aliphatic carbocycles. The standard InChI is InChI=1S/C14H12N6O4S/c1-7-12(8(2)24-19-7)25(21,22)20-6-16-11-10(9-4-3-5-23-9)17-14(15)18-13(11)20/h3-6H,1-2H3,(H2,15,17,18). The van der Waals surface area contributed by atoms with Crippen molar-refractivity contribution in [2.75, 3.05) is 5.73 Å². The van der Waals surface area contributed by atoms with Crippen molar-refractivity contribution in [3.63, 3.8) is 0 Å². The Hall–Kier alpha value is -3.21. The second kappa shape index (κ2) is 5.14. The zero-order valence-corrected chi connectivity index (χ0v) is 14.0. The molecule has 4 aromatic heterocycles. The van der Waals surface area contributed by atoms with Crippen LogP contribution in [0.2, 0.25) is 0 Å².